The summed E-state index contributed by atoms with van der Waals surface area (Å²) in [6, 6.07) is 16.3. The first kappa shape index (κ1) is 48.3. The molecule has 12 rings (SSSR count). The summed E-state index contributed by atoms with van der Waals surface area (Å²) < 4.78 is 38.8. The fourth-order valence-corrected chi connectivity index (χ4v) is 12.5. The van der Waals surface area contributed by atoms with E-state index in [1.807, 2.05) is 13.8 Å². The van der Waals surface area contributed by atoms with E-state index < -0.39 is 11.6 Å². The van der Waals surface area contributed by atoms with Crippen molar-refractivity contribution in [2.24, 2.45) is 5.41 Å². The molecule has 4 N–H and O–H groups in total. The Morgan fingerprint density at radius 3 is 2.36 bits per heavy atom. The summed E-state index contributed by atoms with van der Waals surface area (Å²) in [5.74, 6) is 1.09. The van der Waals surface area contributed by atoms with Crippen LogP contribution in [0.5, 0.6) is 23.3 Å². The number of phenolic OH excluding ortho intramolecular Hbond substituents is 3. The number of piperidine rings is 1. The number of piperazine rings is 2. The highest BCUT2D eigenvalue weighted by Gasteiger charge is 2.46. The Morgan fingerprint density at radius 1 is 0.878 bits per heavy atom. The van der Waals surface area contributed by atoms with Gasteiger partial charge in [0, 0.05) is 112 Å². The summed E-state index contributed by atoms with van der Waals surface area (Å²) in [6.07, 6.45) is 13.7. The topological polar surface area (TPSA) is 154 Å². The summed E-state index contributed by atoms with van der Waals surface area (Å²) in [5.41, 5.74) is 4.41. The number of aromatic nitrogens is 3. The minimum atomic E-state index is -0.725. The molecule has 6 aromatic rings. The number of carbonyl (C=O) groups is 1. The molecule has 2 atom stereocenters. The van der Waals surface area contributed by atoms with Crippen molar-refractivity contribution >= 4 is 33.4 Å². The van der Waals surface area contributed by atoms with Gasteiger partial charge in [0.15, 0.2) is 5.82 Å². The zero-order valence-corrected chi connectivity index (χ0v) is 42.1. The molecule has 0 spiro atoms. The maximum Gasteiger partial charge on any atom is 0.319 e. The molecule has 5 fully saturated rings. The van der Waals surface area contributed by atoms with Crippen molar-refractivity contribution in [3.63, 3.8) is 0 Å². The molecule has 2 unspecified atom stereocenters. The summed E-state index contributed by atoms with van der Waals surface area (Å²) in [4.78, 5) is 39.6. The van der Waals surface area contributed by atoms with Gasteiger partial charge in [0.1, 0.15) is 40.1 Å². The molecule has 1 aliphatic carbocycles. The number of nitrogens with zero attached hydrogens (tertiary/aromatic N) is 8. The molecule has 14 nitrogen and oxygen atoms in total. The third-order valence-electron chi connectivity index (χ3n) is 16.8. The maximum absolute atomic E-state index is 17.2. The van der Waals surface area contributed by atoms with Crippen LogP contribution in [0.15, 0.2) is 60.8 Å². The molecule has 74 heavy (non-hydrogen) atoms. The average Bonchev–Trinajstić information content (AvgIpc) is 3.90. The van der Waals surface area contributed by atoms with Crippen molar-refractivity contribution in [2.45, 2.75) is 96.1 Å². The number of rotatable bonds is 12. The number of hydrogen-bond acceptors (Lipinski definition) is 13. The number of nitrogens with one attached hydrogen (secondary N) is 1. The lowest BCUT2D eigenvalue weighted by atomic mass is 9.96. The number of ether oxygens (including phenoxy) is 1. The van der Waals surface area contributed by atoms with E-state index in [4.69, 9.17) is 21.1 Å². The number of anilines is 1. The van der Waals surface area contributed by atoms with Gasteiger partial charge in [-0.2, -0.15) is 9.97 Å². The number of fused-ring (bicyclic) bond motifs is 5. The largest absolute Gasteiger partial charge is 0.508 e. The van der Waals surface area contributed by atoms with Gasteiger partial charge in [-0.3, -0.25) is 19.6 Å². The van der Waals surface area contributed by atoms with Crippen molar-refractivity contribution in [3.8, 4) is 46.9 Å². The van der Waals surface area contributed by atoms with Gasteiger partial charge < -0.3 is 40.1 Å². The Kier molecular flexibility index (Phi) is 12.6. The minimum Gasteiger partial charge on any atom is -0.508 e. The van der Waals surface area contributed by atoms with E-state index in [1.165, 1.54) is 35.9 Å². The molecular formula is C58H63F2N9O5. The Balaban J connectivity index is 0.670. The summed E-state index contributed by atoms with van der Waals surface area (Å²) >= 11 is 0. The Bertz CT molecular complexity index is 3220. The summed E-state index contributed by atoms with van der Waals surface area (Å²) in [7, 11) is 0. The van der Waals surface area contributed by atoms with E-state index in [-0.39, 0.29) is 73.8 Å². The summed E-state index contributed by atoms with van der Waals surface area (Å²) in [6.45, 7) is 14.6. The summed E-state index contributed by atoms with van der Waals surface area (Å²) in [5, 5.41) is 36.5. The number of carbonyl (C=O) groups excluding carboxylic acids is 1. The molecule has 5 aliphatic heterocycles. The van der Waals surface area contributed by atoms with Gasteiger partial charge in [-0.25, -0.2) is 8.78 Å². The van der Waals surface area contributed by atoms with E-state index in [0.717, 1.165) is 102 Å². The smallest absolute Gasteiger partial charge is 0.319 e. The van der Waals surface area contributed by atoms with Gasteiger partial charge in [0.2, 0.25) is 0 Å². The Labute approximate surface area is 430 Å². The number of likely N-dealkylation sites (tertiary alicyclic amines) is 1. The lowest BCUT2D eigenvalue weighted by molar-refractivity contribution is 0.0482. The van der Waals surface area contributed by atoms with Gasteiger partial charge >= 0.3 is 6.01 Å². The molecular weight excluding hydrogens is 941 g/mol. The van der Waals surface area contributed by atoms with Crippen LogP contribution < -0.4 is 15.0 Å². The number of phenols is 3. The second kappa shape index (κ2) is 19.2. The number of halogens is 2. The molecule has 4 saturated heterocycles. The highest BCUT2D eigenvalue weighted by atomic mass is 19.1. The van der Waals surface area contributed by atoms with Gasteiger partial charge in [0.05, 0.1) is 23.1 Å². The van der Waals surface area contributed by atoms with Crippen LogP contribution in [0.25, 0.3) is 32.9 Å². The highest BCUT2D eigenvalue weighted by molar-refractivity contribution is 6.03. The van der Waals surface area contributed by atoms with Crippen molar-refractivity contribution in [1.82, 2.24) is 39.9 Å². The second-order valence-corrected chi connectivity index (χ2v) is 22.2. The van der Waals surface area contributed by atoms with Gasteiger partial charge in [-0.1, -0.05) is 44.0 Å². The van der Waals surface area contributed by atoms with Gasteiger partial charge in [0.25, 0.3) is 5.91 Å². The van der Waals surface area contributed by atoms with E-state index in [1.54, 1.807) is 17.2 Å². The fourth-order valence-electron chi connectivity index (χ4n) is 12.5. The molecule has 384 valence electrons. The number of pyridine rings is 1. The first-order valence-electron chi connectivity index (χ1n) is 26.4. The number of aromatic hydroxyl groups is 3. The van der Waals surface area contributed by atoms with E-state index in [2.05, 4.69) is 54.0 Å². The lowest BCUT2D eigenvalue weighted by Gasteiger charge is -2.43. The number of terminal acetylenes is 1. The van der Waals surface area contributed by atoms with Crippen LogP contribution in [0, 0.1) is 29.4 Å². The molecule has 1 saturated carbocycles. The first-order valence-corrected chi connectivity index (χ1v) is 26.4. The van der Waals surface area contributed by atoms with Crippen LogP contribution in [-0.4, -0.2) is 139 Å². The predicted molar refractivity (Wildman–Crippen MR) is 279 cm³/mol. The van der Waals surface area contributed by atoms with Crippen molar-refractivity contribution < 1.29 is 33.6 Å². The highest BCUT2D eigenvalue weighted by Crippen LogP contribution is 2.47. The van der Waals surface area contributed by atoms with Crippen LogP contribution >= 0.6 is 0 Å². The van der Waals surface area contributed by atoms with Crippen LogP contribution in [0.4, 0.5) is 14.6 Å². The molecule has 4 aromatic carbocycles. The molecule has 7 heterocycles. The lowest BCUT2D eigenvalue weighted by Crippen LogP contribution is -2.53. The molecule has 0 radical (unpaired) electrons. The Morgan fingerprint density at radius 2 is 1.64 bits per heavy atom. The molecule has 1 amide bonds. The number of hydrogen-bond donors (Lipinski definition) is 4. The van der Waals surface area contributed by atoms with Gasteiger partial charge in [-0.05, 0) is 109 Å². The minimum absolute atomic E-state index is 0.000406. The average molecular weight is 1000 g/mol. The third kappa shape index (κ3) is 9.22. The van der Waals surface area contributed by atoms with Crippen LogP contribution in [-0.2, 0) is 19.6 Å². The second-order valence-electron chi connectivity index (χ2n) is 22.2. The monoisotopic (exact) mass is 1000 g/mol. The SMILES string of the molecule is C#Cc1c(F)ccc2cc(O)cc(-c3ncc4c(N5CC6CCC(C5)N6)nc(OCC5(CN6CCC(N7CCN(Cc8ccc9c(c8)CN(C(=O)c8cc(C(C)C)c(O)cc8O)C9)CC7)CC6)CC5)nc4c3F)c12. The van der Waals surface area contributed by atoms with Crippen LogP contribution in [0.3, 0.4) is 0 Å². The van der Waals surface area contributed by atoms with E-state index >= 15 is 8.78 Å². The molecule has 6 aliphatic rings. The van der Waals surface area contributed by atoms with Crippen LogP contribution in [0.1, 0.15) is 96.5 Å². The van der Waals surface area contributed by atoms with Crippen molar-refractivity contribution in [1.29, 1.82) is 0 Å². The normalized spacial score (nSPS) is 21.2. The standard InChI is InChI=1S/C58H63F2N9O5/c1-4-43-48(59)10-7-36-22-42(70)23-46(51(36)43)53-52(60)54-47(26-61-53)55(68-30-39-8-9-40(31-68)62-39)64-57(63-54)74-33-58(13-14-58)32-66-15-11-41(12-16-66)67-19-17-65(18-20-67)27-35-5-6-37-28-69(29-38(37)21-35)56(73)45-24-44(34(2)3)49(71)25-50(45)72/h1,5-7,10,21-26,34,39-41,62,70-72H,8-9,11-20,27-33H2,2-3H3. The quantitative estimate of drug-likeness (QED) is 0.0881. The predicted octanol–water partition coefficient (Wildman–Crippen LogP) is 7.88. The first-order chi connectivity index (χ1) is 35.8. The molecule has 16 heteroatoms. The number of benzene rings is 4. The maximum atomic E-state index is 17.2. The van der Waals surface area contributed by atoms with Crippen molar-refractivity contribution in [2.75, 3.05) is 70.4 Å². The van der Waals surface area contributed by atoms with Crippen LogP contribution in [0.2, 0.25) is 0 Å². The van der Waals surface area contributed by atoms with E-state index in [0.29, 0.717) is 73.1 Å². The zero-order chi connectivity index (χ0) is 51.0. The van der Waals surface area contributed by atoms with Gasteiger partial charge in [-0.15, -0.1) is 6.42 Å². The molecule has 2 aromatic heterocycles. The van der Waals surface area contributed by atoms with E-state index in [9.17, 15) is 20.1 Å². The molecule has 2 bridgehead atoms. The fraction of sp³-hybridized carbons (Fsp3) is 0.448. The Hall–Kier alpha value is -6.64. The third-order valence-corrected chi connectivity index (χ3v) is 16.8. The van der Waals surface area contributed by atoms with Crippen molar-refractivity contribution in [3.05, 3.63) is 106 Å². The number of amides is 1. The zero-order valence-electron chi connectivity index (χ0n) is 42.1.